The lowest BCUT2D eigenvalue weighted by Gasteiger charge is -2.10. The third-order valence-corrected chi connectivity index (χ3v) is 4.92. The molecule has 5 heteroatoms. The van der Waals surface area contributed by atoms with E-state index in [1.807, 2.05) is 80.6 Å². The third kappa shape index (κ3) is 4.52. The van der Waals surface area contributed by atoms with Crippen molar-refractivity contribution in [1.82, 2.24) is 9.97 Å². The Morgan fingerprint density at radius 2 is 1.50 bits per heavy atom. The SMILES string of the molecule is Cc1ccc(NC(=O)c2ccc(Nc3cc(-c4ccccc4)ncn3)cc2)cc1C. The van der Waals surface area contributed by atoms with Crippen LogP contribution in [0.5, 0.6) is 0 Å². The van der Waals surface area contributed by atoms with E-state index in [1.165, 1.54) is 11.9 Å². The second kappa shape index (κ2) is 8.57. The Morgan fingerprint density at radius 1 is 0.767 bits per heavy atom. The number of anilines is 3. The number of hydrogen-bond donors (Lipinski definition) is 2. The first kappa shape index (κ1) is 19.3. The van der Waals surface area contributed by atoms with E-state index in [4.69, 9.17) is 0 Å². The molecular formula is C25H22N4O. The van der Waals surface area contributed by atoms with Gasteiger partial charge in [0, 0.05) is 28.6 Å². The third-order valence-electron chi connectivity index (χ3n) is 4.92. The van der Waals surface area contributed by atoms with E-state index in [0.29, 0.717) is 11.4 Å². The van der Waals surface area contributed by atoms with E-state index in [-0.39, 0.29) is 5.91 Å². The number of benzene rings is 3. The highest BCUT2D eigenvalue weighted by Gasteiger charge is 2.08. The van der Waals surface area contributed by atoms with Crippen LogP contribution >= 0.6 is 0 Å². The van der Waals surface area contributed by atoms with Crippen LogP contribution < -0.4 is 10.6 Å². The van der Waals surface area contributed by atoms with Gasteiger partial charge >= 0.3 is 0 Å². The van der Waals surface area contributed by atoms with Gasteiger partial charge in [-0.1, -0.05) is 36.4 Å². The molecule has 0 saturated heterocycles. The summed E-state index contributed by atoms with van der Waals surface area (Å²) in [4.78, 5) is 21.2. The van der Waals surface area contributed by atoms with Gasteiger partial charge in [-0.15, -0.1) is 0 Å². The Bertz CT molecular complexity index is 1170. The highest BCUT2D eigenvalue weighted by Crippen LogP contribution is 2.21. The standard InChI is InChI=1S/C25H22N4O/c1-17-8-11-22(14-18(17)2)29-25(30)20-9-12-21(13-10-20)28-24-15-23(26-16-27-24)19-6-4-3-5-7-19/h3-16H,1-2H3,(H,29,30)(H,26,27,28). The molecule has 1 amide bonds. The van der Waals surface area contributed by atoms with Crippen LogP contribution in [0, 0.1) is 13.8 Å². The minimum Gasteiger partial charge on any atom is -0.340 e. The Hall–Kier alpha value is -3.99. The van der Waals surface area contributed by atoms with Crippen molar-refractivity contribution in [2.24, 2.45) is 0 Å². The van der Waals surface area contributed by atoms with Crippen molar-refractivity contribution in [3.05, 3.63) is 102 Å². The van der Waals surface area contributed by atoms with Gasteiger partial charge in [0.15, 0.2) is 0 Å². The Balaban J connectivity index is 1.45. The van der Waals surface area contributed by atoms with Gasteiger partial charge in [0.1, 0.15) is 12.1 Å². The summed E-state index contributed by atoms with van der Waals surface area (Å²) in [6.45, 7) is 4.08. The van der Waals surface area contributed by atoms with Crippen molar-refractivity contribution in [1.29, 1.82) is 0 Å². The molecule has 148 valence electrons. The predicted molar refractivity (Wildman–Crippen MR) is 121 cm³/mol. The molecule has 0 aliphatic rings. The van der Waals surface area contributed by atoms with Gasteiger partial charge in [-0.2, -0.15) is 0 Å². The molecule has 1 aromatic heterocycles. The summed E-state index contributed by atoms with van der Waals surface area (Å²) in [6.07, 6.45) is 1.54. The average Bonchev–Trinajstić information content (AvgIpc) is 2.77. The maximum atomic E-state index is 12.5. The van der Waals surface area contributed by atoms with E-state index >= 15 is 0 Å². The second-order valence-corrected chi connectivity index (χ2v) is 7.11. The molecule has 0 aliphatic carbocycles. The minimum absolute atomic E-state index is 0.141. The quantitative estimate of drug-likeness (QED) is 0.452. The summed E-state index contributed by atoms with van der Waals surface area (Å²) in [5.41, 5.74) is 6.44. The van der Waals surface area contributed by atoms with Gasteiger partial charge in [0.25, 0.3) is 5.91 Å². The molecule has 0 bridgehead atoms. The normalized spacial score (nSPS) is 10.5. The Kier molecular flexibility index (Phi) is 5.52. The van der Waals surface area contributed by atoms with Crippen LogP contribution in [-0.2, 0) is 0 Å². The molecule has 0 aliphatic heterocycles. The molecule has 0 atom stereocenters. The first-order valence-corrected chi connectivity index (χ1v) is 9.72. The number of carbonyl (C=O) groups is 1. The summed E-state index contributed by atoms with van der Waals surface area (Å²) in [5.74, 6) is 0.550. The number of carbonyl (C=O) groups excluding carboxylic acids is 1. The molecule has 3 aromatic carbocycles. The maximum absolute atomic E-state index is 12.5. The van der Waals surface area contributed by atoms with Crippen LogP contribution in [0.4, 0.5) is 17.2 Å². The highest BCUT2D eigenvalue weighted by molar-refractivity contribution is 6.04. The zero-order valence-electron chi connectivity index (χ0n) is 16.9. The van der Waals surface area contributed by atoms with E-state index in [0.717, 1.165) is 28.2 Å². The molecule has 0 saturated carbocycles. The first-order valence-electron chi connectivity index (χ1n) is 9.72. The molecule has 30 heavy (non-hydrogen) atoms. The molecule has 0 unspecified atom stereocenters. The monoisotopic (exact) mass is 394 g/mol. The first-order chi connectivity index (χ1) is 14.6. The van der Waals surface area contributed by atoms with Crippen LogP contribution in [0.25, 0.3) is 11.3 Å². The highest BCUT2D eigenvalue weighted by atomic mass is 16.1. The van der Waals surface area contributed by atoms with Crippen LogP contribution in [0.3, 0.4) is 0 Å². The smallest absolute Gasteiger partial charge is 0.255 e. The van der Waals surface area contributed by atoms with Crippen LogP contribution in [0.1, 0.15) is 21.5 Å². The molecule has 5 nitrogen and oxygen atoms in total. The summed E-state index contributed by atoms with van der Waals surface area (Å²) in [7, 11) is 0. The molecule has 4 rings (SSSR count). The molecular weight excluding hydrogens is 372 g/mol. The number of aromatic nitrogens is 2. The van der Waals surface area contributed by atoms with Crippen molar-refractivity contribution in [2.75, 3.05) is 10.6 Å². The molecule has 4 aromatic rings. The van der Waals surface area contributed by atoms with E-state index in [2.05, 4.69) is 20.6 Å². The summed E-state index contributed by atoms with van der Waals surface area (Å²) in [5, 5.41) is 6.20. The van der Waals surface area contributed by atoms with Crippen LogP contribution in [0.2, 0.25) is 0 Å². The van der Waals surface area contributed by atoms with E-state index in [9.17, 15) is 4.79 Å². The van der Waals surface area contributed by atoms with Gasteiger partial charge in [0.2, 0.25) is 0 Å². The lowest BCUT2D eigenvalue weighted by Crippen LogP contribution is -2.12. The summed E-state index contributed by atoms with van der Waals surface area (Å²) >= 11 is 0. The Morgan fingerprint density at radius 3 is 2.23 bits per heavy atom. The topological polar surface area (TPSA) is 66.9 Å². The fourth-order valence-corrected chi connectivity index (χ4v) is 3.07. The largest absolute Gasteiger partial charge is 0.340 e. The number of amides is 1. The van der Waals surface area contributed by atoms with Crippen LogP contribution in [0.15, 0.2) is 85.2 Å². The molecule has 0 fully saturated rings. The van der Waals surface area contributed by atoms with Crippen molar-refractivity contribution >= 4 is 23.1 Å². The minimum atomic E-state index is -0.141. The number of aryl methyl sites for hydroxylation is 2. The lowest BCUT2D eigenvalue weighted by atomic mass is 10.1. The summed E-state index contributed by atoms with van der Waals surface area (Å²) < 4.78 is 0. The number of rotatable bonds is 5. The molecule has 0 radical (unpaired) electrons. The zero-order valence-corrected chi connectivity index (χ0v) is 16.9. The van der Waals surface area contributed by atoms with Crippen molar-refractivity contribution in [3.63, 3.8) is 0 Å². The van der Waals surface area contributed by atoms with Gasteiger partial charge < -0.3 is 10.6 Å². The van der Waals surface area contributed by atoms with Gasteiger partial charge in [0.05, 0.1) is 5.69 Å². The predicted octanol–water partition coefficient (Wildman–Crippen LogP) is 5.76. The number of nitrogens with one attached hydrogen (secondary N) is 2. The average molecular weight is 394 g/mol. The summed E-state index contributed by atoms with van der Waals surface area (Å²) in [6, 6.07) is 25.0. The second-order valence-electron chi connectivity index (χ2n) is 7.11. The lowest BCUT2D eigenvalue weighted by molar-refractivity contribution is 0.102. The van der Waals surface area contributed by atoms with Crippen molar-refractivity contribution < 1.29 is 4.79 Å². The van der Waals surface area contributed by atoms with E-state index < -0.39 is 0 Å². The molecule has 2 N–H and O–H groups in total. The number of nitrogens with zero attached hydrogens (tertiary/aromatic N) is 2. The van der Waals surface area contributed by atoms with E-state index in [1.54, 1.807) is 12.1 Å². The van der Waals surface area contributed by atoms with Crippen molar-refractivity contribution in [2.45, 2.75) is 13.8 Å². The van der Waals surface area contributed by atoms with Gasteiger partial charge in [-0.25, -0.2) is 9.97 Å². The Labute approximate surface area is 175 Å². The maximum Gasteiger partial charge on any atom is 0.255 e. The zero-order chi connectivity index (χ0) is 20.9. The number of hydrogen-bond acceptors (Lipinski definition) is 4. The van der Waals surface area contributed by atoms with Crippen molar-refractivity contribution in [3.8, 4) is 11.3 Å². The molecule has 0 spiro atoms. The fraction of sp³-hybridized carbons (Fsp3) is 0.0800. The van der Waals surface area contributed by atoms with Crippen LogP contribution in [-0.4, -0.2) is 15.9 Å². The molecule has 1 heterocycles. The van der Waals surface area contributed by atoms with Gasteiger partial charge in [-0.3, -0.25) is 4.79 Å². The van der Waals surface area contributed by atoms with Gasteiger partial charge in [-0.05, 0) is 61.4 Å². The fourth-order valence-electron chi connectivity index (χ4n) is 3.07.